The van der Waals surface area contributed by atoms with Gasteiger partial charge in [0.25, 0.3) is 0 Å². The van der Waals surface area contributed by atoms with Crippen molar-refractivity contribution in [2.75, 3.05) is 36.1 Å². The van der Waals surface area contributed by atoms with Crippen LogP contribution in [0.15, 0.2) is 42.6 Å². The molecule has 0 bridgehead atoms. The van der Waals surface area contributed by atoms with Crippen molar-refractivity contribution in [1.82, 2.24) is 4.98 Å². The fourth-order valence-electron chi connectivity index (χ4n) is 2.07. The Morgan fingerprint density at radius 1 is 1.25 bits per heavy atom. The van der Waals surface area contributed by atoms with Gasteiger partial charge in [-0.05, 0) is 37.1 Å². The predicted molar refractivity (Wildman–Crippen MR) is 86.2 cm³/mol. The first-order valence-corrected chi connectivity index (χ1v) is 6.89. The van der Waals surface area contributed by atoms with Crippen molar-refractivity contribution in [3.63, 3.8) is 0 Å². The number of hydrogen-bond donors (Lipinski definition) is 2. The van der Waals surface area contributed by atoms with Gasteiger partial charge in [0.2, 0.25) is 0 Å². The highest BCUT2D eigenvalue weighted by Gasteiger charge is 2.02. The number of anilines is 3. The summed E-state index contributed by atoms with van der Waals surface area (Å²) in [4.78, 5) is 6.55. The molecule has 0 aliphatic carbocycles. The second-order valence-corrected chi connectivity index (χ2v) is 4.99. The fourth-order valence-corrected chi connectivity index (χ4v) is 2.07. The van der Waals surface area contributed by atoms with Gasteiger partial charge in [0.1, 0.15) is 5.82 Å². The van der Waals surface area contributed by atoms with E-state index < -0.39 is 0 Å². The van der Waals surface area contributed by atoms with Crippen molar-refractivity contribution in [3.8, 4) is 0 Å². The number of aryl methyl sites for hydroxylation is 1. The number of nitrogens with one attached hydrogen (secondary N) is 1. The summed E-state index contributed by atoms with van der Waals surface area (Å²) in [7, 11) is 2.10. The van der Waals surface area contributed by atoms with Crippen LogP contribution in [0.4, 0.5) is 17.2 Å². The van der Waals surface area contributed by atoms with Crippen LogP contribution in [0.3, 0.4) is 0 Å². The first-order chi connectivity index (χ1) is 9.66. The number of hydrogen-bond acceptors (Lipinski definition) is 4. The van der Waals surface area contributed by atoms with Crippen LogP contribution < -0.4 is 16.0 Å². The number of nitrogens with zero attached hydrogens (tertiary/aromatic N) is 2. The van der Waals surface area contributed by atoms with E-state index in [2.05, 4.69) is 46.5 Å². The molecule has 0 aliphatic rings. The smallest absolute Gasteiger partial charge is 0.149 e. The first kappa shape index (κ1) is 14.2. The lowest BCUT2D eigenvalue weighted by Crippen LogP contribution is -2.21. The molecule has 1 heterocycles. The van der Waals surface area contributed by atoms with E-state index in [1.807, 2.05) is 25.3 Å². The zero-order chi connectivity index (χ0) is 14.4. The first-order valence-electron chi connectivity index (χ1n) is 6.89. The molecule has 0 aliphatic heterocycles. The number of para-hydroxylation sites is 1. The van der Waals surface area contributed by atoms with Gasteiger partial charge in [0, 0.05) is 32.0 Å². The second kappa shape index (κ2) is 6.80. The lowest BCUT2D eigenvalue weighted by molar-refractivity contribution is 0.814. The van der Waals surface area contributed by atoms with Crippen LogP contribution in [0.5, 0.6) is 0 Å². The number of nitrogens with two attached hydrogens (primary N) is 1. The number of rotatable bonds is 6. The van der Waals surface area contributed by atoms with Gasteiger partial charge in [0.05, 0.1) is 5.69 Å². The molecule has 20 heavy (non-hydrogen) atoms. The standard InChI is InChI=1S/C16H22N4/c1-13-11-15(17)16(19-12-13)18-9-6-10-20(2)14-7-4-3-5-8-14/h3-5,7-8,11-12H,6,9-10,17H2,1-2H3,(H,18,19). The van der Waals surface area contributed by atoms with Gasteiger partial charge >= 0.3 is 0 Å². The van der Waals surface area contributed by atoms with E-state index >= 15 is 0 Å². The van der Waals surface area contributed by atoms with Crippen LogP contribution >= 0.6 is 0 Å². The van der Waals surface area contributed by atoms with Crippen LogP contribution in [0.25, 0.3) is 0 Å². The molecule has 4 heteroatoms. The summed E-state index contributed by atoms with van der Waals surface area (Å²) in [5, 5.41) is 3.28. The molecule has 1 aromatic carbocycles. The summed E-state index contributed by atoms with van der Waals surface area (Å²) in [6.07, 6.45) is 2.86. The molecule has 2 aromatic rings. The molecule has 0 atom stereocenters. The molecule has 0 spiro atoms. The minimum Gasteiger partial charge on any atom is -0.396 e. The number of nitrogen functional groups attached to an aromatic ring is 1. The maximum Gasteiger partial charge on any atom is 0.149 e. The zero-order valence-corrected chi connectivity index (χ0v) is 12.1. The van der Waals surface area contributed by atoms with Crippen LogP contribution in [-0.4, -0.2) is 25.1 Å². The third kappa shape index (κ3) is 3.88. The lowest BCUT2D eigenvalue weighted by Gasteiger charge is -2.19. The average molecular weight is 270 g/mol. The Kier molecular flexibility index (Phi) is 4.82. The Bertz CT molecular complexity index is 539. The van der Waals surface area contributed by atoms with Gasteiger partial charge in [-0.3, -0.25) is 0 Å². The largest absolute Gasteiger partial charge is 0.396 e. The Balaban J connectivity index is 1.76. The Hall–Kier alpha value is -2.23. The van der Waals surface area contributed by atoms with Crippen molar-refractivity contribution in [2.24, 2.45) is 0 Å². The molecule has 1 aromatic heterocycles. The minimum atomic E-state index is 0.710. The summed E-state index contributed by atoms with van der Waals surface area (Å²) in [5.74, 6) is 0.776. The third-order valence-corrected chi connectivity index (χ3v) is 3.21. The van der Waals surface area contributed by atoms with E-state index in [1.165, 1.54) is 5.69 Å². The highest BCUT2D eigenvalue weighted by atomic mass is 15.1. The Labute approximate surface area is 120 Å². The van der Waals surface area contributed by atoms with E-state index in [1.54, 1.807) is 0 Å². The SMILES string of the molecule is Cc1cnc(NCCCN(C)c2ccccc2)c(N)c1. The fraction of sp³-hybridized carbons (Fsp3) is 0.312. The van der Waals surface area contributed by atoms with E-state index in [0.29, 0.717) is 5.69 Å². The molecule has 2 rings (SSSR count). The van der Waals surface area contributed by atoms with Gasteiger partial charge in [-0.1, -0.05) is 18.2 Å². The monoisotopic (exact) mass is 270 g/mol. The lowest BCUT2D eigenvalue weighted by atomic mass is 10.2. The molecule has 4 nitrogen and oxygen atoms in total. The maximum absolute atomic E-state index is 5.92. The number of benzene rings is 1. The average Bonchev–Trinajstić information content (AvgIpc) is 2.46. The molecular weight excluding hydrogens is 248 g/mol. The molecule has 0 amide bonds. The van der Waals surface area contributed by atoms with E-state index in [4.69, 9.17) is 5.73 Å². The summed E-state index contributed by atoms with van der Waals surface area (Å²) in [6.45, 7) is 3.84. The topological polar surface area (TPSA) is 54.2 Å². The van der Waals surface area contributed by atoms with Gasteiger partial charge in [-0.15, -0.1) is 0 Å². The molecule has 0 saturated heterocycles. The van der Waals surface area contributed by atoms with E-state index in [0.717, 1.165) is 30.9 Å². The Morgan fingerprint density at radius 3 is 2.70 bits per heavy atom. The number of aromatic nitrogens is 1. The van der Waals surface area contributed by atoms with Crippen LogP contribution in [0, 0.1) is 6.92 Å². The van der Waals surface area contributed by atoms with Gasteiger partial charge in [-0.25, -0.2) is 4.98 Å². The summed E-state index contributed by atoms with van der Waals surface area (Å²) in [6, 6.07) is 12.3. The molecule has 3 N–H and O–H groups in total. The molecule has 0 unspecified atom stereocenters. The van der Waals surface area contributed by atoms with Crippen LogP contribution in [0.1, 0.15) is 12.0 Å². The molecular formula is C16H22N4. The van der Waals surface area contributed by atoms with Gasteiger partial charge < -0.3 is 16.0 Å². The van der Waals surface area contributed by atoms with Crippen molar-refractivity contribution < 1.29 is 0 Å². The molecule has 106 valence electrons. The summed E-state index contributed by atoms with van der Waals surface area (Å²) >= 11 is 0. The predicted octanol–water partition coefficient (Wildman–Crippen LogP) is 2.91. The quantitative estimate of drug-likeness (QED) is 0.792. The van der Waals surface area contributed by atoms with Gasteiger partial charge in [0.15, 0.2) is 0 Å². The molecule has 0 fully saturated rings. The third-order valence-electron chi connectivity index (χ3n) is 3.21. The van der Waals surface area contributed by atoms with Crippen LogP contribution in [-0.2, 0) is 0 Å². The summed E-state index contributed by atoms with van der Waals surface area (Å²) in [5.41, 5.74) is 8.95. The van der Waals surface area contributed by atoms with Crippen molar-refractivity contribution in [3.05, 3.63) is 48.2 Å². The number of pyridine rings is 1. The zero-order valence-electron chi connectivity index (χ0n) is 12.1. The minimum absolute atomic E-state index is 0.710. The highest BCUT2D eigenvalue weighted by molar-refractivity contribution is 5.61. The van der Waals surface area contributed by atoms with Crippen molar-refractivity contribution in [2.45, 2.75) is 13.3 Å². The molecule has 0 radical (unpaired) electrons. The summed E-state index contributed by atoms with van der Waals surface area (Å²) < 4.78 is 0. The maximum atomic E-state index is 5.92. The van der Waals surface area contributed by atoms with Gasteiger partial charge in [-0.2, -0.15) is 0 Å². The van der Waals surface area contributed by atoms with Crippen LogP contribution in [0.2, 0.25) is 0 Å². The van der Waals surface area contributed by atoms with Crippen molar-refractivity contribution >= 4 is 17.2 Å². The van der Waals surface area contributed by atoms with E-state index in [-0.39, 0.29) is 0 Å². The molecule has 0 saturated carbocycles. The highest BCUT2D eigenvalue weighted by Crippen LogP contribution is 2.16. The second-order valence-electron chi connectivity index (χ2n) is 4.99. The normalized spacial score (nSPS) is 10.3. The Morgan fingerprint density at radius 2 is 2.00 bits per heavy atom. The van der Waals surface area contributed by atoms with Crippen molar-refractivity contribution in [1.29, 1.82) is 0 Å². The van der Waals surface area contributed by atoms with E-state index in [9.17, 15) is 0 Å².